The number of carboxylic acid groups (broad SMARTS) is 2. The zero-order chi connectivity index (χ0) is 45.3. The number of rotatable bonds is 42. The van der Waals surface area contributed by atoms with E-state index in [0.717, 1.165) is 38.5 Å². The Hall–Kier alpha value is -0.300. The molecule has 356 valence electrons. The molecule has 0 aromatic heterocycles. The Morgan fingerprint density at radius 1 is 0.387 bits per heavy atom. The van der Waals surface area contributed by atoms with Crippen molar-refractivity contribution in [2.24, 2.45) is 0 Å². The van der Waals surface area contributed by atoms with E-state index in [1.807, 2.05) is 0 Å². The van der Waals surface area contributed by atoms with Crippen molar-refractivity contribution in [3.63, 3.8) is 0 Å². The normalized spacial score (nSPS) is 12.2. The van der Waals surface area contributed by atoms with E-state index in [4.69, 9.17) is 18.6 Å². The van der Waals surface area contributed by atoms with Gasteiger partial charge in [-0.1, -0.05) is 206 Å². The minimum absolute atomic E-state index is 0. The van der Waals surface area contributed by atoms with Crippen molar-refractivity contribution in [1.82, 2.24) is 0 Å². The SMILES string of the molecule is CCCCCCCCCCCCCCCCCCOC(=O)C(CC(=O)[O-])S(=O)(=O)O.CCCCCCCCCCCCCCCCCCOC(=O)C(CC(=O)[O-])S(=O)(=O)O.[Na+].[Na+]. The molecular formula is C44H82Na2O14S2. The second kappa shape index (κ2) is 47.2. The summed E-state index contributed by atoms with van der Waals surface area (Å²) in [6.45, 7) is 4.51. The summed E-state index contributed by atoms with van der Waals surface area (Å²) in [5.74, 6) is -5.97. The van der Waals surface area contributed by atoms with Gasteiger partial charge in [0.1, 0.15) is 0 Å². The summed E-state index contributed by atoms with van der Waals surface area (Å²) in [6.07, 6.45) is 36.6. The first-order valence-electron chi connectivity index (χ1n) is 23.2. The van der Waals surface area contributed by atoms with Gasteiger partial charge in [-0.15, -0.1) is 0 Å². The number of carbonyl (C=O) groups excluding carboxylic acids is 4. The van der Waals surface area contributed by atoms with Crippen LogP contribution >= 0.6 is 0 Å². The average molecular weight is 945 g/mol. The van der Waals surface area contributed by atoms with Crippen molar-refractivity contribution in [1.29, 1.82) is 0 Å². The summed E-state index contributed by atoms with van der Waals surface area (Å²) in [5.41, 5.74) is 0. The number of esters is 2. The molecule has 0 saturated heterocycles. The molecule has 0 aliphatic carbocycles. The number of hydrogen-bond donors (Lipinski definition) is 2. The predicted molar refractivity (Wildman–Crippen MR) is 231 cm³/mol. The summed E-state index contributed by atoms with van der Waals surface area (Å²) >= 11 is 0. The Labute approximate surface area is 420 Å². The van der Waals surface area contributed by atoms with Gasteiger partial charge in [-0.25, -0.2) is 0 Å². The van der Waals surface area contributed by atoms with E-state index in [1.165, 1.54) is 154 Å². The van der Waals surface area contributed by atoms with Gasteiger partial charge in [-0.05, 0) is 12.8 Å². The molecule has 0 rings (SSSR count). The van der Waals surface area contributed by atoms with Gasteiger partial charge in [-0.2, -0.15) is 16.8 Å². The Bertz CT molecular complexity index is 1200. The van der Waals surface area contributed by atoms with Gasteiger partial charge in [0.2, 0.25) is 0 Å². The molecule has 0 radical (unpaired) electrons. The standard InChI is InChI=1S/2C22H42O7S.2Na/c2*1-2-3-4-5-6-7-8-9-10-11-12-13-14-15-16-17-18-29-22(25)20(19-21(23)24)30(26,27)28;;/h2*20H,2-19H2,1H3,(H,23,24)(H,26,27,28);;/q;;2*+1/p-2. The Balaban J connectivity index is -0.000000526. The first-order valence-corrected chi connectivity index (χ1v) is 26.2. The zero-order valence-electron chi connectivity index (χ0n) is 39.2. The van der Waals surface area contributed by atoms with E-state index >= 15 is 0 Å². The first kappa shape index (κ1) is 68.3. The van der Waals surface area contributed by atoms with Gasteiger partial charge >= 0.3 is 71.1 Å². The van der Waals surface area contributed by atoms with Gasteiger partial charge in [0.25, 0.3) is 20.2 Å². The van der Waals surface area contributed by atoms with Crippen LogP contribution in [0.1, 0.15) is 232 Å². The van der Waals surface area contributed by atoms with Crippen LogP contribution in [0.2, 0.25) is 0 Å². The molecule has 0 saturated carbocycles. The molecular weight excluding hydrogens is 863 g/mol. The van der Waals surface area contributed by atoms with Gasteiger partial charge in [0, 0.05) is 24.8 Å². The van der Waals surface area contributed by atoms with Crippen molar-refractivity contribution in [2.45, 2.75) is 243 Å². The fourth-order valence-corrected chi connectivity index (χ4v) is 8.07. The van der Waals surface area contributed by atoms with Crippen LogP contribution in [0, 0.1) is 0 Å². The zero-order valence-corrected chi connectivity index (χ0v) is 44.9. The maximum atomic E-state index is 11.6. The Morgan fingerprint density at radius 2 is 0.565 bits per heavy atom. The van der Waals surface area contributed by atoms with Crippen molar-refractivity contribution in [2.75, 3.05) is 13.2 Å². The number of aliphatic carboxylic acids is 2. The van der Waals surface area contributed by atoms with Crippen LogP contribution < -0.4 is 69.3 Å². The molecule has 0 aliphatic heterocycles. The molecule has 2 N–H and O–H groups in total. The van der Waals surface area contributed by atoms with Crippen LogP contribution in [-0.2, 0) is 48.9 Å². The summed E-state index contributed by atoms with van der Waals surface area (Å²) in [6, 6.07) is 0. The maximum Gasteiger partial charge on any atom is 1.00 e. The van der Waals surface area contributed by atoms with Gasteiger partial charge in [-0.3, -0.25) is 18.7 Å². The molecule has 62 heavy (non-hydrogen) atoms. The molecule has 0 fully saturated rings. The molecule has 0 spiro atoms. The van der Waals surface area contributed by atoms with Gasteiger partial charge < -0.3 is 29.3 Å². The number of carboxylic acids is 2. The van der Waals surface area contributed by atoms with E-state index in [-0.39, 0.29) is 72.3 Å². The summed E-state index contributed by atoms with van der Waals surface area (Å²) in [5, 5.41) is 16.8. The minimum Gasteiger partial charge on any atom is -0.550 e. The van der Waals surface area contributed by atoms with E-state index in [2.05, 4.69) is 13.8 Å². The first-order chi connectivity index (χ1) is 28.6. The van der Waals surface area contributed by atoms with E-state index in [1.54, 1.807) is 0 Å². The summed E-state index contributed by atoms with van der Waals surface area (Å²) in [4.78, 5) is 44.3. The van der Waals surface area contributed by atoms with Gasteiger partial charge in [0.05, 0.1) is 13.2 Å². The molecule has 2 unspecified atom stereocenters. The number of ether oxygens (including phenoxy) is 2. The molecule has 0 aliphatic rings. The van der Waals surface area contributed by atoms with Crippen LogP contribution in [0.25, 0.3) is 0 Å². The quantitative estimate of drug-likeness (QED) is 0.0387. The van der Waals surface area contributed by atoms with Crippen LogP contribution in [0.4, 0.5) is 0 Å². The fourth-order valence-electron chi connectivity index (χ4n) is 6.75. The fraction of sp³-hybridized carbons (Fsp3) is 0.909. The molecule has 0 aromatic rings. The van der Waals surface area contributed by atoms with Crippen molar-refractivity contribution in [3.05, 3.63) is 0 Å². The maximum absolute atomic E-state index is 11.6. The second-order valence-corrected chi connectivity index (χ2v) is 19.3. The third kappa shape index (κ3) is 47.7. The third-order valence-electron chi connectivity index (χ3n) is 10.4. The molecule has 0 heterocycles. The molecule has 18 heteroatoms. The molecule has 0 aromatic carbocycles. The largest absolute Gasteiger partial charge is 1.00 e. The van der Waals surface area contributed by atoms with E-state index in [0.29, 0.717) is 12.8 Å². The van der Waals surface area contributed by atoms with Crippen molar-refractivity contribution in [3.8, 4) is 0 Å². The number of unbranched alkanes of at least 4 members (excludes halogenated alkanes) is 30. The van der Waals surface area contributed by atoms with Gasteiger partial charge in [0.15, 0.2) is 10.5 Å². The Kier molecular flexibility index (Phi) is 52.0. The number of hydrogen-bond acceptors (Lipinski definition) is 12. The summed E-state index contributed by atoms with van der Waals surface area (Å²) < 4.78 is 71.6. The van der Waals surface area contributed by atoms with Crippen LogP contribution in [0.15, 0.2) is 0 Å². The van der Waals surface area contributed by atoms with Crippen molar-refractivity contribution < 1.29 is 124 Å². The third-order valence-corrected chi connectivity index (χ3v) is 12.6. The van der Waals surface area contributed by atoms with Crippen LogP contribution in [-0.4, -0.2) is 73.5 Å². The van der Waals surface area contributed by atoms with E-state index in [9.17, 15) is 46.2 Å². The Morgan fingerprint density at radius 3 is 0.726 bits per heavy atom. The molecule has 2 atom stereocenters. The molecule has 0 bridgehead atoms. The predicted octanol–water partition coefficient (Wildman–Crippen LogP) is 2.38. The van der Waals surface area contributed by atoms with Crippen LogP contribution in [0.5, 0.6) is 0 Å². The topological polar surface area (TPSA) is 242 Å². The molecule has 14 nitrogen and oxygen atoms in total. The summed E-state index contributed by atoms with van der Waals surface area (Å²) in [7, 11) is -9.66. The minimum atomic E-state index is -4.83. The van der Waals surface area contributed by atoms with E-state index < -0.39 is 67.5 Å². The average Bonchev–Trinajstić information content (AvgIpc) is 3.17. The number of carbonyl (C=O) groups is 4. The smallest absolute Gasteiger partial charge is 0.550 e. The van der Waals surface area contributed by atoms with Crippen LogP contribution in [0.3, 0.4) is 0 Å². The van der Waals surface area contributed by atoms with Crippen molar-refractivity contribution >= 4 is 44.1 Å². The molecule has 0 amide bonds. The second-order valence-electron chi connectivity index (χ2n) is 16.1. The monoisotopic (exact) mass is 944 g/mol.